The molecule has 1 aromatic heterocycles. The summed E-state index contributed by atoms with van der Waals surface area (Å²) < 4.78 is 5.13. The van der Waals surface area contributed by atoms with Gasteiger partial charge in [-0.15, -0.1) is 11.3 Å². The van der Waals surface area contributed by atoms with Gasteiger partial charge in [-0.3, -0.25) is 0 Å². The fraction of sp³-hybridized carbons (Fsp3) is 0.692. The molecule has 1 rings (SSSR count). The van der Waals surface area contributed by atoms with Gasteiger partial charge in [-0.1, -0.05) is 6.92 Å². The molecule has 1 heterocycles. The zero-order chi connectivity index (χ0) is 12.1. The van der Waals surface area contributed by atoms with Gasteiger partial charge in [-0.05, 0) is 38.8 Å². The molecule has 2 nitrogen and oxygen atoms in total. The molecule has 0 saturated heterocycles. The van der Waals surface area contributed by atoms with Crippen molar-refractivity contribution < 1.29 is 4.74 Å². The van der Waals surface area contributed by atoms with Crippen molar-refractivity contribution in [2.24, 2.45) is 0 Å². The highest BCUT2D eigenvalue weighted by atomic mass is 32.1. The number of hydrogen-bond donors (Lipinski definition) is 1. The zero-order valence-electron chi connectivity index (χ0n) is 11.0. The highest BCUT2D eigenvalue weighted by Crippen LogP contribution is 2.27. The van der Waals surface area contributed by atoms with Crippen LogP contribution >= 0.6 is 11.3 Å². The molecule has 0 bridgehead atoms. The van der Waals surface area contributed by atoms with Gasteiger partial charge < -0.3 is 10.1 Å². The van der Waals surface area contributed by atoms with Crippen LogP contribution in [0.1, 0.15) is 42.1 Å². The number of ether oxygens (including phenoxy) is 1. The average molecular weight is 241 g/mol. The highest BCUT2D eigenvalue weighted by Gasteiger charge is 2.13. The summed E-state index contributed by atoms with van der Waals surface area (Å²) in [5.74, 6) is 0. The van der Waals surface area contributed by atoms with E-state index in [2.05, 4.69) is 39.1 Å². The molecule has 92 valence electrons. The highest BCUT2D eigenvalue weighted by molar-refractivity contribution is 7.12. The SMILES string of the molecule is CCc1sc(C(C)NC(C)COC)cc1C. The Labute approximate surface area is 103 Å². The second-order valence-electron chi connectivity index (χ2n) is 4.35. The van der Waals surface area contributed by atoms with Gasteiger partial charge in [0.1, 0.15) is 0 Å². The Morgan fingerprint density at radius 3 is 2.62 bits per heavy atom. The first-order chi connectivity index (χ1) is 7.58. The minimum absolute atomic E-state index is 0.396. The van der Waals surface area contributed by atoms with Crippen molar-refractivity contribution in [3.8, 4) is 0 Å². The van der Waals surface area contributed by atoms with Gasteiger partial charge in [0.15, 0.2) is 0 Å². The van der Waals surface area contributed by atoms with E-state index >= 15 is 0 Å². The van der Waals surface area contributed by atoms with Crippen LogP contribution in [0.25, 0.3) is 0 Å². The van der Waals surface area contributed by atoms with E-state index in [0.29, 0.717) is 12.1 Å². The van der Waals surface area contributed by atoms with Gasteiger partial charge in [0.25, 0.3) is 0 Å². The first-order valence-electron chi connectivity index (χ1n) is 5.92. The van der Waals surface area contributed by atoms with Crippen LogP contribution in [0.5, 0.6) is 0 Å². The Morgan fingerprint density at radius 1 is 1.44 bits per heavy atom. The molecule has 0 spiro atoms. The van der Waals surface area contributed by atoms with Crippen LogP contribution in [0, 0.1) is 6.92 Å². The van der Waals surface area contributed by atoms with Crippen molar-refractivity contribution in [3.05, 3.63) is 21.4 Å². The van der Waals surface area contributed by atoms with Crippen molar-refractivity contribution in [2.45, 2.75) is 46.2 Å². The van der Waals surface area contributed by atoms with Crippen molar-refractivity contribution in [2.75, 3.05) is 13.7 Å². The average Bonchev–Trinajstić information content (AvgIpc) is 2.60. The molecule has 0 aromatic carbocycles. The Kier molecular flexibility index (Phi) is 5.46. The maximum atomic E-state index is 5.13. The zero-order valence-corrected chi connectivity index (χ0v) is 11.8. The fourth-order valence-corrected chi connectivity index (χ4v) is 3.05. The van der Waals surface area contributed by atoms with E-state index in [1.165, 1.54) is 15.3 Å². The van der Waals surface area contributed by atoms with Crippen LogP contribution in [-0.4, -0.2) is 19.8 Å². The topological polar surface area (TPSA) is 21.3 Å². The summed E-state index contributed by atoms with van der Waals surface area (Å²) in [6.45, 7) is 9.55. The van der Waals surface area contributed by atoms with Gasteiger partial charge in [0, 0.05) is 28.9 Å². The summed E-state index contributed by atoms with van der Waals surface area (Å²) in [5.41, 5.74) is 1.43. The Bertz CT molecular complexity index is 322. The lowest BCUT2D eigenvalue weighted by atomic mass is 10.2. The van der Waals surface area contributed by atoms with Gasteiger partial charge in [-0.2, -0.15) is 0 Å². The Morgan fingerprint density at radius 2 is 2.12 bits per heavy atom. The number of nitrogens with one attached hydrogen (secondary N) is 1. The molecule has 3 heteroatoms. The third-order valence-electron chi connectivity index (χ3n) is 2.74. The lowest BCUT2D eigenvalue weighted by molar-refractivity contribution is 0.168. The first-order valence-corrected chi connectivity index (χ1v) is 6.74. The van der Waals surface area contributed by atoms with Crippen LogP contribution < -0.4 is 5.32 Å². The summed E-state index contributed by atoms with van der Waals surface area (Å²) in [4.78, 5) is 2.93. The third kappa shape index (κ3) is 3.58. The molecule has 0 saturated carbocycles. The van der Waals surface area contributed by atoms with Crippen LogP contribution in [0.2, 0.25) is 0 Å². The normalized spacial score (nSPS) is 15.1. The van der Waals surface area contributed by atoms with Gasteiger partial charge in [0.2, 0.25) is 0 Å². The van der Waals surface area contributed by atoms with Crippen LogP contribution in [0.4, 0.5) is 0 Å². The van der Waals surface area contributed by atoms with Gasteiger partial charge in [-0.25, -0.2) is 0 Å². The molecule has 0 radical (unpaired) electrons. The van der Waals surface area contributed by atoms with E-state index in [0.717, 1.165) is 13.0 Å². The second-order valence-corrected chi connectivity index (χ2v) is 5.52. The third-order valence-corrected chi connectivity index (χ3v) is 4.30. The van der Waals surface area contributed by atoms with E-state index in [-0.39, 0.29) is 0 Å². The monoisotopic (exact) mass is 241 g/mol. The Balaban J connectivity index is 2.61. The van der Waals surface area contributed by atoms with Crippen LogP contribution in [-0.2, 0) is 11.2 Å². The molecule has 2 atom stereocenters. The molecule has 16 heavy (non-hydrogen) atoms. The fourth-order valence-electron chi connectivity index (χ4n) is 1.92. The predicted molar refractivity (Wildman–Crippen MR) is 71.3 cm³/mol. The lowest BCUT2D eigenvalue weighted by Crippen LogP contribution is -2.32. The van der Waals surface area contributed by atoms with Crippen molar-refractivity contribution >= 4 is 11.3 Å². The molecule has 1 aromatic rings. The molecular formula is C13H23NOS. The lowest BCUT2D eigenvalue weighted by Gasteiger charge is -2.18. The van der Waals surface area contributed by atoms with Crippen LogP contribution in [0.15, 0.2) is 6.07 Å². The maximum absolute atomic E-state index is 5.13. The molecule has 2 unspecified atom stereocenters. The number of rotatable bonds is 6. The van der Waals surface area contributed by atoms with Gasteiger partial charge in [0.05, 0.1) is 6.61 Å². The number of methoxy groups -OCH3 is 1. The second kappa shape index (κ2) is 6.38. The summed E-state index contributed by atoms with van der Waals surface area (Å²) in [7, 11) is 1.74. The first kappa shape index (κ1) is 13.7. The summed E-state index contributed by atoms with van der Waals surface area (Å²) in [6, 6.07) is 3.11. The maximum Gasteiger partial charge on any atom is 0.0613 e. The van der Waals surface area contributed by atoms with E-state index in [1.54, 1.807) is 7.11 Å². The molecule has 0 amide bonds. The van der Waals surface area contributed by atoms with Crippen molar-refractivity contribution in [1.29, 1.82) is 0 Å². The molecule has 0 aliphatic carbocycles. The largest absolute Gasteiger partial charge is 0.383 e. The number of hydrogen-bond acceptors (Lipinski definition) is 3. The quantitative estimate of drug-likeness (QED) is 0.825. The summed E-state index contributed by atoms with van der Waals surface area (Å²) in [5, 5.41) is 3.55. The minimum Gasteiger partial charge on any atom is -0.383 e. The van der Waals surface area contributed by atoms with E-state index in [1.807, 2.05) is 11.3 Å². The Hall–Kier alpha value is -0.380. The van der Waals surface area contributed by atoms with E-state index in [9.17, 15) is 0 Å². The van der Waals surface area contributed by atoms with E-state index in [4.69, 9.17) is 4.74 Å². The summed E-state index contributed by atoms with van der Waals surface area (Å²) in [6.07, 6.45) is 1.14. The molecule has 1 N–H and O–H groups in total. The van der Waals surface area contributed by atoms with E-state index < -0.39 is 0 Å². The predicted octanol–water partition coefficient (Wildman–Crippen LogP) is 3.30. The minimum atomic E-state index is 0.396. The summed E-state index contributed by atoms with van der Waals surface area (Å²) >= 11 is 1.92. The number of aryl methyl sites for hydroxylation is 2. The molecule has 0 aliphatic heterocycles. The molecule has 0 fully saturated rings. The molecule has 0 aliphatic rings. The van der Waals surface area contributed by atoms with Crippen LogP contribution in [0.3, 0.4) is 0 Å². The standard InChI is InChI=1S/C13H23NOS/c1-6-12-9(2)7-13(16-12)11(4)14-10(3)8-15-5/h7,10-11,14H,6,8H2,1-5H3. The molecular weight excluding hydrogens is 218 g/mol. The van der Waals surface area contributed by atoms with Crippen molar-refractivity contribution in [1.82, 2.24) is 5.32 Å². The number of thiophene rings is 1. The van der Waals surface area contributed by atoms with Crippen molar-refractivity contribution in [3.63, 3.8) is 0 Å². The smallest absolute Gasteiger partial charge is 0.0613 e. The van der Waals surface area contributed by atoms with Gasteiger partial charge >= 0.3 is 0 Å².